The molecule has 250 valence electrons. The van der Waals surface area contributed by atoms with Crippen LogP contribution in [-0.2, 0) is 4.79 Å². The average Bonchev–Trinajstić information content (AvgIpc) is 3.37. The molecular weight excluding hydrogens is 536 g/mol. The SMILES string of the molecule is C[C@H](CCCCCCCCCCC/C=C\CCCCCCCC(=O)O)[C@H]1CC[C@H]2[C@@H]3CC[C@@H]4C=CCC[C@]4(C)[C@H]3C=C[C@]12C. The van der Waals surface area contributed by atoms with E-state index in [0.717, 1.165) is 48.3 Å². The molecule has 4 rings (SSSR count). The van der Waals surface area contributed by atoms with Gasteiger partial charge >= 0.3 is 5.97 Å². The van der Waals surface area contributed by atoms with Gasteiger partial charge in [-0.2, -0.15) is 0 Å². The molecule has 0 amide bonds. The first-order valence-corrected chi connectivity index (χ1v) is 19.6. The van der Waals surface area contributed by atoms with Crippen molar-refractivity contribution in [2.24, 2.45) is 46.3 Å². The first-order chi connectivity index (χ1) is 21.4. The summed E-state index contributed by atoms with van der Waals surface area (Å²) in [7, 11) is 0. The molecule has 0 unspecified atom stereocenters. The van der Waals surface area contributed by atoms with E-state index in [9.17, 15) is 4.79 Å². The number of rotatable bonds is 21. The zero-order valence-corrected chi connectivity index (χ0v) is 29.3. The van der Waals surface area contributed by atoms with Crippen molar-refractivity contribution in [1.29, 1.82) is 0 Å². The molecule has 8 atom stereocenters. The summed E-state index contributed by atoms with van der Waals surface area (Å²) in [4.78, 5) is 10.5. The van der Waals surface area contributed by atoms with Crippen LogP contribution in [0.3, 0.4) is 0 Å². The lowest BCUT2D eigenvalue weighted by molar-refractivity contribution is -0.137. The average molecular weight is 607 g/mol. The van der Waals surface area contributed by atoms with Crippen LogP contribution in [0.5, 0.6) is 0 Å². The van der Waals surface area contributed by atoms with Crippen LogP contribution in [0, 0.1) is 46.3 Å². The molecule has 0 heterocycles. The van der Waals surface area contributed by atoms with Crippen molar-refractivity contribution < 1.29 is 9.90 Å². The number of hydrogen-bond donors (Lipinski definition) is 1. The quantitative estimate of drug-likeness (QED) is 0.104. The zero-order chi connectivity index (χ0) is 31.3. The maximum absolute atomic E-state index is 10.5. The Bertz CT molecular complexity index is 930. The Kier molecular flexibility index (Phi) is 14.7. The van der Waals surface area contributed by atoms with Crippen LogP contribution in [0.4, 0.5) is 0 Å². The highest BCUT2D eigenvalue weighted by molar-refractivity contribution is 5.66. The Morgan fingerprint density at radius 3 is 2.07 bits per heavy atom. The van der Waals surface area contributed by atoms with Crippen LogP contribution in [0.1, 0.15) is 175 Å². The molecule has 4 aliphatic carbocycles. The van der Waals surface area contributed by atoms with Gasteiger partial charge in [-0.3, -0.25) is 4.79 Å². The Morgan fingerprint density at radius 1 is 0.795 bits per heavy atom. The Hall–Kier alpha value is -1.31. The Labute approximate surface area is 273 Å². The molecule has 0 radical (unpaired) electrons. The minimum absolute atomic E-state index is 0.330. The number of hydrogen-bond acceptors (Lipinski definition) is 1. The second-order valence-corrected chi connectivity index (χ2v) is 16.3. The van der Waals surface area contributed by atoms with Crippen LogP contribution in [0.15, 0.2) is 36.5 Å². The molecular formula is C42H70O2. The lowest BCUT2D eigenvalue weighted by atomic mass is 9.47. The van der Waals surface area contributed by atoms with Gasteiger partial charge in [-0.1, -0.05) is 134 Å². The van der Waals surface area contributed by atoms with E-state index in [1.165, 1.54) is 135 Å². The molecule has 0 aromatic heterocycles. The monoisotopic (exact) mass is 607 g/mol. The van der Waals surface area contributed by atoms with Crippen LogP contribution < -0.4 is 0 Å². The highest BCUT2D eigenvalue weighted by Crippen LogP contribution is 2.65. The maximum Gasteiger partial charge on any atom is 0.303 e. The van der Waals surface area contributed by atoms with E-state index < -0.39 is 5.97 Å². The summed E-state index contributed by atoms with van der Waals surface area (Å²) < 4.78 is 0. The van der Waals surface area contributed by atoms with E-state index in [1.54, 1.807) is 0 Å². The lowest BCUT2D eigenvalue weighted by Gasteiger charge is -2.57. The number of allylic oxidation sites excluding steroid dienone is 6. The van der Waals surface area contributed by atoms with Crippen molar-refractivity contribution in [2.45, 2.75) is 175 Å². The van der Waals surface area contributed by atoms with Crippen LogP contribution in [0.25, 0.3) is 0 Å². The fraction of sp³-hybridized carbons (Fsp3) is 0.833. The summed E-state index contributed by atoms with van der Waals surface area (Å²) in [5, 5.41) is 8.67. The first-order valence-electron chi connectivity index (χ1n) is 19.6. The van der Waals surface area contributed by atoms with Gasteiger partial charge in [-0.05, 0) is 117 Å². The van der Waals surface area contributed by atoms with Gasteiger partial charge < -0.3 is 5.11 Å². The summed E-state index contributed by atoms with van der Waals surface area (Å²) in [5.41, 5.74) is 0.973. The van der Waals surface area contributed by atoms with Crippen LogP contribution in [0.2, 0.25) is 0 Å². The molecule has 2 heteroatoms. The van der Waals surface area contributed by atoms with Gasteiger partial charge in [0.05, 0.1) is 0 Å². The number of unbranched alkanes of at least 4 members (excludes halogenated alkanes) is 14. The second-order valence-electron chi connectivity index (χ2n) is 16.3. The van der Waals surface area contributed by atoms with Gasteiger partial charge in [-0.25, -0.2) is 0 Å². The van der Waals surface area contributed by atoms with Crippen molar-refractivity contribution >= 4 is 5.97 Å². The topological polar surface area (TPSA) is 37.3 Å². The molecule has 2 nitrogen and oxygen atoms in total. The first kappa shape index (κ1) is 35.5. The molecule has 0 bridgehead atoms. The molecule has 1 N–H and O–H groups in total. The molecule has 0 aliphatic heterocycles. The molecule has 2 saturated carbocycles. The predicted octanol–water partition coefficient (Wildman–Crippen LogP) is 12.9. The third-order valence-electron chi connectivity index (χ3n) is 13.3. The standard InChI is InChI=1S/C42H70O2/c1-34(24-20-18-16-14-12-10-8-6-4-5-7-9-11-13-15-17-19-21-26-40(43)44)37-29-30-38-36-28-27-35-25-22-23-32-41(35,2)39(36)31-33-42(37,38)3/h7,9,22,25,31,33-39H,4-6,8,10-21,23-24,26-30,32H2,1-3H3,(H,43,44)/b9-7-/t34-,35+,36+,37-,38+,39+,41+,42-/m1/s1. The van der Waals surface area contributed by atoms with Crippen LogP contribution in [-0.4, -0.2) is 11.1 Å². The largest absolute Gasteiger partial charge is 0.481 e. The van der Waals surface area contributed by atoms with E-state index in [-0.39, 0.29) is 0 Å². The van der Waals surface area contributed by atoms with E-state index in [1.807, 2.05) is 0 Å². The smallest absolute Gasteiger partial charge is 0.303 e. The van der Waals surface area contributed by atoms with Gasteiger partial charge in [-0.15, -0.1) is 0 Å². The Morgan fingerprint density at radius 2 is 1.41 bits per heavy atom. The minimum Gasteiger partial charge on any atom is -0.481 e. The second kappa shape index (κ2) is 18.1. The highest BCUT2D eigenvalue weighted by atomic mass is 16.4. The van der Waals surface area contributed by atoms with Gasteiger partial charge in [0.25, 0.3) is 0 Å². The van der Waals surface area contributed by atoms with Gasteiger partial charge in [0, 0.05) is 6.42 Å². The third kappa shape index (κ3) is 9.61. The van der Waals surface area contributed by atoms with E-state index >= 15 is 0 Å². The van der Waals surface area contributed by atoms with Crippen molar-refractivity contribution in [2.75, 3.05) is 0 Å². The number of aliphatic carboxylic acids is 1. The number of carboxylic acids is 1. The summed E-state index contributed by atoms with van der Waals surface area (Å²) >= 11 is 0. The van der Waals surface area contributed by atoms with Crippen LogP contribution >= 0.6 is 0 Å². The predicted molar refractivity (Wildman–Crippen MR) is 189 cm³/mol. The fourth-order valence-corrected chi connectivity index (χ4v) is 10.6. The summed E-state index contributed by atoms with van der Waals surface area (Å²) in [5.74, 6) is 4.64. The molecule has 2 fully saturated rings. The van der Waals surface area contributed by atoms with Crippen molar-refractivity contribution in [1.82, 2.24) is 0 Å². The minimum atomic E-state index is -0.659. The normalized spacial score (nSPS) is 33.3. The lowest BCUT2D eigenvalue weighted by Crippen LogP contribution is -2.50. The van der Waals surface area contributed by atoms with Gasteiger partial charge in [0.15, 0.2) is 0 Å². The van der Waals surface area contributed by atoms with E-state index in [0.29, 0.717) is 17.3 Å². The number of carboxylic acid groups (broad SMARTS) is 1. The van der Waals surface area contributed by atoms with E-state index in [2.05, 4.69) is 57.2 Å². The van der Waals surface area contributed by atoms with Crippen molar-refractivity contribution in [3.05, 3.63) is 36.5 Å². The van der Waals surface area contributed by atoms with Crippen molar-refractivity contribution in [3.63, 3.8) is 0 Å². The molecule has 0 aromatic carbocycles. The van der Waals surface area contributed by atoms with Crippen molar-refractivity contribution in [3.8, 4) is 0 Å². The zero-order valence-electron chi connectivity index (χ0n) is 29.3. The molecule has 4 aliphatic rings. The number of carbonyl (C=O) groups is 1. The Balaban J connectivity index is 0.994. The molecule has 44 heavy (non-hydrogen) atoms. The van der Waals surface area contributed by atoms with E-state index in [4.69, 9.17) is 5.11 Å². The third-order valence-corrected chi connectivity index (χ3v) is 13.3. The summed E-state index contributed by atoms with van der Waals surface area (Å²) in [6.45, 7) is 7.91. The van der Waals surface area contributed by atoms with Gasteiger partial charge in [0.2, 0.25) is 0 Å². The fourth-order valence-electron chi connectivity index (χ4n) is 10.6. The highest BCUT2D eigenvalue weighted by Gasteiger charge is 2.57. The maximum atomic E-state index is 10.5. The molecule has 0 saturated heterocycles. The molecule has 0 aromatic rings. The van der Waals surface area contributed by atoms with Gasteiger partial charge in [0.1, 0.15) is 0 Å². The molecule has 0 spiro atoms. The number of fused-ring (bicyclic) bond motifs is 5. The summed E-state index contributed by atoms with van der Waals surface area (Å²) in [6, 6.07) is 0. The summed E-state index contributed by atoms with van der Waals surface area (Å²) in [6.07, 6.45) is 46.5.